The molecule has 0 aromatic heterocycles. The average Bonchev–Trinajstić information content (AvgIpc) is 3.13. The number of halogens is 1. The number of hydrogen-bond donors (Lipinski definition) is 1. The molecule has 0 bridgehead atoms. The van der Waals surface area contributed by atoms with Gasteiger partial charge in [-0.05, 0) is 49.2 Å². The summed E-state index contributed by atoms with van der Waals surface area (Å²) in [5, 5.41) is 10.9. The maximum atomic E-state index is 14.0. The second-order valence-corrected chi connectivity index (χ2v) is 6.36. The quantitative estimate of drug-likeness (QED) is 0.876. The normalized spacial score (nSPS) is 17.6. The summed E-state index contributed by atoms with van der Waals surface area (Å²) in [4.78, 5) is 2.38. The van der Waals surface area contributed by atoms with Crippen molar-refractivity contribution in [2.75, 3.05) is 26.7 Å². The lowest BCUT2D eigenvalue weighted by molar-refractivity contribution is 0.122. The lowest BCUT2D eigenvalue weighted by atomic mass is 9.88. The third-order valence-electron chi connectivity index (χ3n) is 4.78. The minimum absolute atomic E-state index is 0.0860. The van der Waals surface area contributed by atoms with E-state index in [-0.39, 0.29) is 11.7 Å². The van der Waals surface area contributed by atoms with Crippen LogP contribution in [0.3, 0.4) is 0 Å². The first-order chi connectivity index (χ1) is 11.7. The van der Waals surface area contributed by atoms with Gasteiger partial charge in [0.25, 0.3) is 0 Å². The zero-order valence-corrected chi connectivity index (χ0v) is 14.0. The van der Waals surface area contributed by atoms with Crippen LogP contribution in [0.5, 0.6) is 5.75 Å². The topological polar surface area (TPSA) is 32.7 Å². The fourth-order valence-corrected chi connectivity index (χ4v) is 3.43. The first-order valence-corrected chi connectivity index (χ1v) is 8.48. The summed E-state index contributed by atoms with van der Waals surface area (Å²) in [7, 11) is 1.44. The van der Waals surface area contributed by atoms with Gasteiger partial charge in [0, 0.05) is 12.5 Å². The molecule has 1 N–H and O–H groups in total. The highest BCUT2D eigenvalue weighted by molar-refractivity contribution is 5.33. The highest BCUT2D eigenvalue weighted by atomic mass is 19.1. The molecule has 0 radical (unpaired) electrons. The average molecular weight is 329 g/mol. The Hall–Kier alpha value is -1.91. The third-order valence-corrected chi connectivity index (χ3v) is 4.78. The molecule has 2 atom stereocenters. The molecule has 2 aromatic rings. The maximum Gasteiger partial charge on any atom is 0.165 e. The van der Waals surface area contributed by atoms with Crippen LogP contribution in [0.15, 0.2) is 48.5 Å². The van der Waals surface area contributed by atoms with Gasteiger partial charge in [-0.25, -0.2) is 4.39 Å². The van der Waals surface area contributed by atoms with Crippen molar-refractivity contribution in [1.29, 1.82) is 0 Å². The second-order valence-electron chi connectivity index (χ2n) is 6.36. The molecule has 3 rings (SSSR count). The number of ether oxygens (including phenoxy) is 1. The van der Waals surface area contributed by atoms with Crippen LogP contribution in [0.25, 0.3) is 0 Å². The molecule has 0 unspecified atom stereocenters. The molecule has 0 saturated carbocycles. The largest absolute Gasteiger partial charge is 0.494 e. The van der Waals surface area contributed by atoms with E-state index in [0.717, 1.165) is 25.2 Å². The molecule has 128 valence electrons. The summed E-state index contributed by atoms with van der Waals surface area (Å²) in [6, 6.07) is 14.7. The Balaban J connectivity index is 1.87. The van der Waals surface area contributed by atoms with Crippen LogP contribution in [0.4, 0.5) is 4.39 Å². The van der Waals surface area contributed by atoms with Gasteiger partial charge in [0.2, 0.25) is 0 Å². The fourth-order valence-electron chi connectivity index (χ4n) is 3.43. The molecule has 0 amide bonds. The molecule has 2 aromatic carbocycles. The molecule has 4 heteroatoms. The van der Waals surface area contributed by atoms with Crippen LogP contribution >= 0.6 is 0 Å². The van der Waals surface area contributed by atoms with E-state index in [4.69, 9.17) is 4.74 Å². The number of hydrogen-bond acceptors (Lipinski definition) is 3. The Morgan fingerprint density at radius 2 is 1.79 bits per heavy atom. The highest BCUT2D eigenvalue weighted by Gasteiger charge is 2.27. The summed E-state index contributed by atoms with van der Waals surface area (Å²) in [5.74, 6) is -0.333. The van der Waals surface area contributed by atoms with E-state index in [2.05, 4.69) is 4.90 Å². The second kappa shape index (κ2) is 7.77. The maximum absolute atomic E-state index is 14.0. The van der Waals surface area contributed by atoms with E-state index in [1.165, 1.54) is 26.0 Å². The predicted molar refractivity (Wildman–Crippen MR) is 92.8 cm³/mol. The minimum Gasteiger partial charge on any atom is -0.494 e. The molecule has 0 aliphatic carbocycles. The first kappa shape index (κ1) is 16.9. The van der Waals surface area contributed by atoms with Crippen LogP contribution < -0.4 is 4.74 Å². The summed E-state index contributed by atoms with van der Waals surface area (Å²) in [5.41, 5.74) is 1.66. The Morgan fingerprint density at radius 1 is 1.08 bits per heavy atom. The number of aliphatic hydroxyl groups excluding tert-OH is 1. The van der Waals surface area contributed by atoms with Crippen LogP contribution in [0, 0.1) is 5.82 Å². The van der Waals surface area contributed by atoms with E-state index in [9.17, 15) is 9.50 Å². The number of methoxy groups -OCH3 is 1. The van der Waals surface area contributed by atoms with Crippen molar-refractivity contribution in [2.24, 2.45) is 0 Å². The van der Waals surface area contributed by atoms with Gasteiger partial charge in [-0.3, -0.25) is 0 Å². The number of rotatable bonds is 6. The number of nitrogens with zero attached hydrogens (tertiary/aromatic N) is 1. The zero-order chi connectivity index (χ0) is 16.9. The molecular weight excluding hydrogens is 305 g/mol. The van der Waals surface area contributed by atoms with Crippen molar-refractivity contribution in [3.63, 3.8) is 0 Å². The minimum atomic E-state index is -0.756. The number of benzene rings is 2. The summed E-state index contributed by atoms with van der Waals surface area (Å²) in [6.07, 6.45) is 1.65. The lowest BCUT2D eigenvalue weighted by Gasteiger charge is -2.28. The molecule has 1 fully saturated rings. The third kappa shape index (κ3) is 3.77. The van der Waals surface area contributed by atoms with Crippen molar-refractivity contribution in [3.05, 3.63) is 65.5 Å². The Bertz CT molecular complexity index is 656. The van der Waals surface area contributed by atoms with Gasteiger partial charge in [0.15, 0.2) is 11.6 Å². The van der Waals surface area contributed by atoms with Crippen LogP contribution in [0.1, 0.15) is 36.0 Å². The van der Waals surface area contributed by atoms with Crippen LogP contribution in [0.2, 0.25) is 0 Å². The monoisotopic (exact) mass is 329 g/mol. The van der Waals surface area contributed by atoms with E-state index in [0.29, 0.717) is 5.56 Å². The summed E-state index contributed by atoms with van der Waals surface area (Å²) in [6.45, 7) is 2.90. The highest BCUT2D eigenvalue weighted by Crippen LogP contribution is 2.34. The van der Waals surface area contributed by atoms with Gasteiger partial charge in [0.05, 0.1) is 13.2 Å². The Morgan fingerprint density at radius 3 is 2.42 bits per heavy atom. The van der Waals surface area contributed by atoms with Crippen LogP contribution in [-0.2, 0) is 0 Å². The zero-order valence-electron chi connectivity index (χ0n) is 14.0. The molecule has 1 heterocycles. The standard InChI is InChI=1S/C20H24FNO2/c1-24-19-10-9-16(13-18(19)21)20(23)17(14-22-11-5-6-12-22)15-7-3-2-4-8-15/h2-4,7-10,13,17,20,23H,5-6,11-12,14H2,1H3/t17-,20+/m1/s1. The summed E-state index contributed by atoms with van der Waals surface area (Å²) < 4.78 is 19.0. The molecule has 0 spiro atoms. The first-order valence-electron chi connectivity index (χ1n) is 8.48. The van der Waals surface area contributed by atoms with Gasteiger partial charge in [-0.1, -0.05) is 36.4 Å². The van der Waals surface area contributed by atoms with E-state index >= 15 is 0 Å². The molecular formula is C20H24FNO2. The molecule has 24 heavy (non-hydrogen) atoms. The van der Waals surface area contributed by atoms with Gasteiger partial charge in [-0.15, -0.1) is 0 Å². The van der Waals surface area contributed by atoms with Crippen molar-refractivity contribution in [2.45, 2.75) is 24.9 Å². The molecule has 3 nitrogen and oxygen atoms in total. The summed E-state index contributed by atoms with van der Waals surface area (Å²) >= 11 is 0. The van der Waals surface area contributed by atoms with Gasteiger partial charge in [0.1, 0.15) is 0 Å². The van der Waals surface area contributed by atoms with E-state index in [1.54, 1.807) is 12.1 Å². The van der Waals surface area contributed by atoms with Crippen molar-refractivity contribution in [1.82, 2.24) is 4.90 Å². The smallest absolute Gasteiger partial charge is 0.165 e. The number of aliphatic hydroxyl groups is 1. The van der Waals surface area contributed by atoms with E-state index in [1.807, 2.05) is 30.3 Å². The van der Waals surface area contributed by atoms with Crippen molar-refractivity contribution in [3.8, 4) is 5.75 Å². The molecule has 1 aliphatic rings. The van der Waals surface area contributed by atoms with E-state index < -0.39 is 11.9 Å². The number of likely N-dealkylation sites (tertiary alicyclic amines) is 1. The van der Waals surface area contributed by atoms with Gasteiger partial charge >= 0.3 is 0 Å². The lowest BCUT2D eigenvalue weighted by Crippen LogP contribution is -2.29. The van der Waals surface area contributed by atoms with Crippen molar-refractivity contribution >= 4 is 0 Å². The van der Waals surface area contributed by atoms with Crippen LogP contribution in [-0.4, -0.2) is 36.8 Å². The van der Waals surface area contributed by atoms with Crippen molar-refractivity contribution < 1.29 is 14.2 Å². The van der Waals surface area contributed by atoms with Gasteiger partial charge < -0.3 is 14.7 Å². The molecule has 1 saturated heterocycles. The fraction of sp³-hybridized carbons (Fsp3) is 0.400. The Labute approximate surface area is 142 Å². The predicted octanol–water partition coefficient (Wildman–Crippen LogP) is 3.75. The molecule has 1 aliphatic heterocycles. The van der Waals surface area contributed by atoms with Gasteiger partial charge in [-0.2, -0.15) is 0 Å². The SMILES string of the molecule is COc1ccc([C@H](O)[C@H](CN2CCCC2)c2ccccc2)cc1F. The Kier molecular flexibility index (Phi) is 5.48.